The van der Waals surface area contributed by atoms with Crippen LogP contribution in [0.4, 0.5) is 0 Å². The van der Waals surface area contributed by atoms with Gasteiger partial charge in [-0.1, -0.05) is 19.8 Å². The van der Waals surface area contributed by atoms with Crippen LogP contribution in [0.2, 0.25) is 0 Å². The lowest BCUT2D eigenvalue weighted by Crippen LogP contribution is -2.27. The summed E-state index contributed by atoms with van der Waals surface area (Å²) < 4.78 is 2.16. The Bertz CT molecular complexity index is 322. The molecule has 1 unspecified atom stereocenters. The highest BCUT2D eigenvalue weighted by Gasteiger charge is 2.04. The molecule has 0 aliphatic rings. The van der Waals surface area contributed by atoms with Gasteiger partial charge >= 0.3 is 0 Å². The largest absolute Gasteiger partial charge is 0.334 e. The van der Waals surface area contributed by atoms with Crippen LogP contribution in [0.3, 0.4) is 0 Å². The van der Waals surface area contributed by atoms with Crippen LogP contribution in [0.15, 0.2) is 12.4 Å². The van der Waals surface area contributed by atoms with Crippen molar-refractivity contribution in [2.24, 2.45) is 0 Å². The quantitative estimate of drug-likeness (QED) is 0.718. The van der Waals surface area contributed by atoms with Crippen LogP contribution in [0.25, 0.3) is 0 Å². The third-order valence-corrected chi connectivity index (χ3v) is 2.38. The average molecular weight is 205 g/mol. The van der Waals surface area contributed by atoms with Gasteiger partial charge in [-0.15, -0.1) is 6.42 Å². The highest BCUT2D eigenvalue weighted by Crippen LogP contribution is 2.00. The van der Waals surface area contributed by atoms with Crippen LogP contribution in [-0.4, -0.2) is 15.6 Å². The van der Waals surface area contributed by atoms with Crippen molar-refractivity contribution < 1.29 is 0 Å². The normalized spacial score (nSPS) is 12.3. The van der Waals surface area contributed by atoms with Crippen molar-refractivity contribution in [3.05, 3.63) is 18.2 Å². The molecular formula is C12H19N3. The molecule has 1 aromatic rings. The number of rotatable bonds is 6. The van der Waals surface area contributed by atoms with Crippen molar-refractivity contribution in [3.8, 4) is 12.3 Å². The maximum Gasteiger partial charge on any atom is 0.122 e. The first-order valence-electron chi connectivity index (χ1n) is 5.51. The molecule has 3 heteroatoms. The summed E-state index contributed by atoms with van der Waals surface area (Å²) in [5.74, 6) is 3.78. The van der Waals surface area contributed by atoms with Crippen LogP contribution >= 0.6 is 0 Å². The zero-order chi connectivity index (χ0) is 11.1. The van der Waals surface area contributed by atoms with Crippen molar-refractivity contribution in [2.75, 3.05) is 0 Å². The molecule has 0 spiro atoms. The van der Waals surface area contributed by atoms with E-state index < -0.39 is 0 Å². The smallest absolute Gasteiger partial charge is 0.122 e. The van der Waals surface area contributed by atoms with Crippen molar-refractivity contribution in [1.29, 1.82) is 0 Å². The highest BCUT2D eigenvalue weighted by atomic mass is 15.1. The van der Waals surface area contributed by atoms with Gasteiger partial charge in [0.1, 0.15) is 5.82 Å². The van der Waals surface area contributed by atoms with E-state index in [4.69, 9.17) is 6.42 Å². The predicted octanol–water partition coefficient (Wildman–Crippen LogP) is 1.79. The van der Waals surface area contributed by atoms with Gasteiger partial charge in [0.15, 0.2) is 0 Å². The third kappa shape index (κ3) is 3.41. The number of nitrogens with zero attached hydrogens (tertiary/aromatic N) is 2. The van der Waals surface area contributed by atoms with Crippen LogP contribution in [0, 0.1) is 12.3 Å². The van der Waals surface area contributed by atoms with E-state index in [0.717, 1.165) is 31.8 Å². The number of hydrogen-bond donors (Lipinski definition) is 1. The lowest BCUT2D eigenvalue weighted by molar-refractivity contribution is 0.545. The molecule has 0 aromatic carbocycles. The van der Waals surface area contributed by atoms with Gasteiger partial charge in [0.25, 0.3) is 0 Å². The number of imidazole rings is 1. The summed E-state index contributed by atoms with van der Waals surface area (Å²) in [6.45, 7) is 6.00. The first-order valence-corrected chi connectivity index (χ1v) is 5.51. The molecule has 3 nitrogen and oxygen atoms in total. The second kappa shape index (κ2) is 6.26. The van der Waals surface area contributed by atoms with Crippen LogP contribution in [0.5, 0.6) is 0 Å². The number of aryl methyl sites for hydroxylation is 1. The summed E-state index contributed by atoms with van der Waals surface area (Å²) in [7, 11) is 0. The van der Waals surface area contributed by atoms with Gasteiger partial charge in [0.05, 0.1) is 12.6 Å². The fourth-order valence-electron chi connectivity index (χ4n) is 1.49. The zero-order valence-electron chi connectivity index (χ0n) is 9.53. The molecule has 0 aliphatic heterocycles. The summed E-state index contributed by atoms with van der Waals surface area (Å²) in [6.07, 6.45) is 11.3. The SMILES string of the molecule is C#CC(CC)NCc1nccn1CCC. The summed E-state index contributed by atoms with van der Waals surface area (Å²) in [4.78, 5) is 4.31. The summed E-state index contributed by atoms with van der Waals surface area (Å²) in [6, 6.07) is 0.150. The molecule has 15 heavy (non-hydrogen) atoms. The van der Waals surface area contributed by atoms with E-state index in [1.165, 1.54) is 0 Å². The standard InChI is InChI=1S/C12H19N3/c1-4-8-15-9-7-13-12(15)10-14-11(5-2)6-3/h2,7,9,11,14H,4,6,8,10H2,1,3H3. The molecule has 1 aromatic heterocycles. The van der Waals surface area contributed by atoms with Gasteiger partial charge in [0.2, 0.25) is 0 Å². The molecule has 1 N–H and O–H groups in total. The van der Waals surface area contributed by atoms with E-state index in [-0.39, 0.29) is 6.04 Å². The van der Waals surface area contributed by atoms with Gasteiger partial charge in [-0.3, -0.25) is 5.32 Å². The molecule has 0 bridgehead atoms. The van der Waals surface area contributed by atoms with Gasteiger partial charge in [-0.25, -0.2) is 4.98 Å². The van der Waals surface area contributed by atoms with Gasteiger partial charge in [-0.05, 0) is 12.8 Å². The lowest BCUT2D eigenvalue weighted by atomic mass is 10.2. The van der Waals surface area contributed by atoms with Crippen LogP contribution < -0.4 is 5.32 Å². The minimum absolute atomic E-state index is 0.150. The molecule has 1 rings (SSSR count). The minimum Gasteiger partial charge on any atom is -0.334 e. The Morgan fingerprint density at radius 2 is 2.40 bits per heavy atom. The van der Waals surface area contributed by atoms with Gasteiger partial charge in [0, 0.05) is 18.9 Å². The summed E-state index contributed by atoms with van der Waals surface area (Å²) in [5, 5.41) is 3.30. The second-order valence-electron chi connectivity index (χ2n) is 3.55. The van der Waals surface area contributed by atoms with E-state index in [2.05, 4.69) is 34.6 Å². The number of terminal acetylenes is 1. The van der Waals surface area contributed by atoms with Crippen molar-refractivity contribution in [3.63, 3.8) is 0 Å². The second-order valence-corrected chi connectivity index (χ2v) is 3.55. The Morgan fingerprint density at radius 1 is 1.60 bits per heavy atom. The molecule has 0 saturated heterocycles. The van der Waals surface area contributed by atoms with E-state index >= 15 is 0 Å². The molecule has 82 valence electrons. The number of aromatic nitrogens is 2. The number of nitrogens with one attached hydrogen (secondary N) is 1. The van der Waals surface area contributed by atoms with E-state index in [1.54, 1.807) is 0 Å². The maximum atomic E-state index is 5.38. The monoisotopic (exact) mass is 205 g/mol. The molecule has 1 atom stereocenters. The lowest BCUT2D eigenvalue weighted by Gasteiger charge is -2.11. The van der Waals surface area contributed by atoms with Crippen LogP contribution in [-0.2, 0) is 13.1 Å². The van der Waals surface area contributed by atoms with Gasteiger partial charge < -0.3 is 4.57 Å². The summed E-state index contributed by atoms with van der Waals surface area (Å²) >= 11 is 0. The Balaban J connectivity index is 2.50. The van der Waals surface area contributed by atoms with E-state index in [0.29, 0.717) is 0 Å². The summed E-state index contributed by atoms with van der Waals surface area (Å²) in [5.41, 5.74) is 0. The topological polar surface area (TPSA) is 29.9 Å². The Kier molecular flexibility index (Phi) is 4.92. The molecule has 0 fully saturated rings. The van der Waals surface area contributed by atoms with E-state index in [9.17, 15) is 0 Å². The Labute approximate surface area is 91.9 Å². The fraction of sp³-hybridized carbons (Fsp3) is 0.583. The minimum atomic E-state index is 0.150. The maximum absolute atomic E-state index is 5.38. The third-order valence-electron chi connectivity index (χ3n) is 2.38. The van der Waals surface area contributed by atoms with Crippen LogP contribution in [0.1, 0.15) is 32.5 Å². The number of hydrogen-bond acceptors (Lipinski definition) is 2. The molecular weight excluding hydrogens is 186 g/mol. The zero-order valence-corrected chi connectivity index (χ0v) is 9.53. The Hall–Kier alpha value is -1.27. The molecule has 1 heterocycles. The van der Waals surface area contributed by atoms with Gasteiger partial charge in [-0.2, -0.15) is 0 Å². The van der Waals surface area contributed by atoms with Crippen molar-refractivity contribution in [2.45, 2.75) is 45.8 Å². The average Bonchev–Trinajstić information content (AvgIpc) is 2.68. The molecule has 0 radical (unpaired) electrons. The first-order chi connectivity index (χ1) is 7.31. The fourth-order valence-corrected chi connectivity index (χ4v) is 1.49. The first kappa shape index (κ1) is 11.8. The molecule has 0 saturated carbocycles. The Morgan fingerprint density at radius 3 is 3.00 bits per heavy atom. The van der Waals surface area contributed by atoms with Crippen molar-refractivity contribution >= 4 is 0 Å². The van der Waals surface area contributed by atoms with E-state index in [1.807, 2.05) is 12.4 Å². The van der Waals surface area contributed by atoms with Crippen molar-refractivity contribution in [1.82, 2.24) is 14.9 Å². The molecule has 0 aliphatic carbocycles. The predicted molar refractivity (Wildman–Crippen MR) is 62.3 cm³/mol. The molecule has 0 amide bonds. The highest BCUT2D eigenvalue weighted by molar-refractivity contribution is 5.00.